The fourth-order valence-electron chi connectivity index (χ4n) is 2.32. The van der Waals surface area contributed by atoms with Gasteiger partial charge in [-0.05, 0) is 31.5 Å². The minimum absolute atomic E-state index is 0.494. The van der Waals surface area contributed by atoms with Crippen LogP contribution >= 0.6 is 11.3 Å². The van der Waals surface area contributed by atoms with Gasteiger partial charge >= 0.3 is 0 Å². The Kier molecular flexibility index (Phi) is 5.00. The van der Waals surface area contributed by atoms with Crippen LogP contribution in [0.1, 0.15) is 25.1 Å². The van der Waals surface area contributed by atoms with Crippen LogP contribution < -0.4 is 0 Å². The number of sulfonamides is 1. The van der Waals surface area contributed by atoms with E-state index in [0.717, 1.165) is 37.4 Å². The van der Waals surface area contributed by atoms with Crippen molar-refractivity contribution in [3.63, 3.8) is 0 Å². The summed E-state index contributed by atoms with van der Waals surface area (Å²) in [5.74, 6) is 0. The van der Waals surface area contributed by atoms with Gasteiger partial charge in [-0.15, -0.1) is 11.3 Å². The standard InChI is InChI=1S/C13H22N2O2S2/c1-3-7-14-8-10-15(11-9-14)19(16,17)13-6-5-12(4-2)18-13/h5-6H,3-4,7-11H2,1-2H3. The lowest BCUT2D eigenvalue weighted by Gasteiger charge is -2.33. The number of thiophene rings is 1. The summed E-state index contributed by atoms with van der Waals surface area (Å²) in [6.45, 7) is 8.18. The molecule has 19 heavy (non-hydrogen) atoms. The predicted molar refractivity (Wildman–Crippen MR) is 79.2 cm³/mol. The molecule has 4 nitrogen and oxygen atoms in total. The maximum Gasteiger partial charge on any atom is 0.252 e. The van der Waals surface area contributed by atoms with Gasteiger partial charge in [0.2, 0.25) is 0 Å². The molecule has 0 spiro atoms. The third-order valence-electron chi connectivity index (χ3n) is 3.45. The average Bonchev–Trinajstić information content (AvgIpc) is 2.89. The first-order valence-electron chi connectivity index (χ1n) is 6.89. The normalized spacial score (nSPS) is 18.8. The summed E-state index contributed by atoms with van der Waals surface area (Å²) in [5, 5.41) is 0. The van der Waals surface area contributed by atoms with E-state index in [1.54, 1.807) is 10.4 Å². The van der Waals surface area contributed by atoms with E-state index in [2.05, 4.69) is 11.8 Å². The highest BCUT2D eigenvalue weighted by atomic mass is 32.2. The summed E-state index contributed by atoms with van der Waals surface area (Å²) in [5.41, 5.74) is 0. The topological polar surface area (TPSA) is 40.6 Å². The Morgan fingerprint density at radius 3 is 2.37 bits per heavy atom. The minimum Gasteiger partial charge on any atom is -0.301 e. The van der Waals surface area contributed by atoms with E-state index in [4.69, 9.17) is 0 Å². The van der Waals surface area contributed by atoms with Crippen molar-refractivity contribution in [1.82, 2.24) is 9.21 Å². The lowest BCUT2D eigenvalue weighted by molar-refractivity contribution is 0.189. The first-order chi connectivity index (χ1) is 9.07. The summed E-state index contributed by atoms with van der Waals surface area (Å²) < 4.78 is 27.1. The molecule has 0 radical (unpaired) electrons. The van der Waals surface area contributed by atoms with E-state index in [1.807, 2.05) is 13.0 Å². The second-order valence-electron chi connectivity index (χ2n) is 4.82. The van der Waals surface area contributed by atoms with Gasteiger partial charge in [-0.25, -0.2) is 8.42 Å². The fourth-order valence-corrected chi connectivity index (χ4v) is 5.20. The van der Waals surface area contributed by atoms with Crippen LogP contribution in [0.25, 0.3) is 0 Å². The van der Waals surface area contributed by atoms with Gasteiger partial charge in [0.15, 0.2) is 0 Å². The van der Waals surface area contributed by atoms with Crippen molar-refractivity contribution in [2.45, 2.75) is 30.9 Å². The Morgan fingerprint density at radius 1 is 1.16 bits per heavy atom. The van der Waals surface area contributed by atoms with Crippen molar-refractivity contribution in [3.8, 4) is 0 Å². The summed E-state index contributed by atoms with van der Waals surface area (Å²) >= 11 is 1.40. The molecule has 0 unspecified atom stereocenters. The molecule has 0 N–H and O–H groups in total. The minimum atomic E-state index is -3.26. The monoisotopic (exact) mass is 302 g/mol. The zero-order valence-corrected chi connectivity index (χ0v) is 13.3. The van der Waals surface area contributed by atoms with E-state index in [0.29, 0.717) is 17.3 Å². The number of hydrogen-bond acceptors (Lipinski definition) is 4. The molecule has 0 aliphatic carbocycles. The molecule has 1 aliphatic heterocycles. The van der Waals surface area contributed by atoms with Crippen LogP contribution in [0.4, 0.5) is 0 Å². The third-order valence-corrected chi connectivity index (χ3v) is 7.05. The van der Waals surface area contributed by atoms with Gasteiger partial charge in [0.1, 0.15) is 4.21 Å². The summed E-state index contributed by atoms with van der Waals surface area (Å²) in [7, 11) is -3.26. The van der Waals surface area contributed by atoms with E-state index in [-0.39, 0.29) is 0 Å². The Balaban J connectivity index is 2.05. The number of piperazine rings is 1. The second kappa shape index (κ2) is 6.35. The maximum atomic E-state index is 12.5. The number of aryl methyl sites for hydroxylation is 1. The summed E-state index contributed by atoms with van der Waals surface area (Å²) in [6, 6.07) is 3.67. The van der Waals surface area contributed by atoms with Gasteiger partial charge in [-0.3, -0.25) is 0 Å². The first kappa shape index (κ1) is 15.0. The molecule has 0 saturated carbocycles. The van der Waals surface area contributed by atoms with Crippen LogP contribution in [0, 0.1) is 0 Å². The molecule has 1 saturated heterocycles. The fraction of sp³-hybridized carbons (Fsp3) is 0.692. The molecule has 0 amide bonds. The van der Waals surface area contributed by atoms with Crippen LogP contribution in [0.2, 0.25) is 0 Å². The van der Waals surface area contributed by atoms with Gasteiger partial charge in [-0.1, -0.05) is 13.8 Å². The van der Waals surface area contributed by atoms with Crippen molar-refractivity contribution in [3.05, 3.63) is 17.0 Å². The quantitative estimate of drug-likeness (QED) is 0.835. The molecular formula is C13H22N2O2S2. The van der Waals surface area contributed by atoms with Crippen molar-refractivity contribution < 1.29 is 8.42 Å². The van der Waals surface area contributed by atoms with Gasteiger partial charge in [0.25, 0.3) is 10.0 Å². The molecule has 6 heteroatoms. The van der Waals surface area contributed by atoms with Gasteiger partial charge in [-0.2, -0.15) is 4.31 Å². The predicted octanol–water partition coefficient (Wildman–Crippen LogP) is 2.03. The van der Waals surface area contributed by atoms with Crippen molar-refractivity contribution in [2.75, 3.05) is 32.7 Å². The van der Waals surface area contributed by atoms with Crippen molar-refractivity contribution in [1.29, 1.82) is 0 Å². The molecule has 0 bridgehead atoms. The van der Waals surface area contributed by atoms with E-state index >= 15 is 0 Å². The second-order valence-corrected chi connectivity index (χ2v) is 8.15. The zero-order chi connectivity index (χ0) is 13.9. The SMILES string of the molecule is CCCN1CCN(S(=O)(=O)c2ccc(CC)s2)CC1. The highest BCUT2D eigenvalue weighted by molar-refractivity contribution is 7.91. The van der Waals surface area contributed by atoms with Crippen LogP contribution in [0.15, 0.2) is 16.3 Å². The molecule has 1 aromatic rings. The van der Waals surface area contributed by atoms with Gasteiger partial charge < -0.3 is 4.90 Å². The highest BCUT2D eigenvalue weighted by Crippen LogP contribution is 2.25. The molecule has 1 fully saturated rings. The lowest BCUT2D eigenvalue weighted by Crippen LogP contribution is -2.48. The molecular weight excluding hydrogens is 280 g/mol. The van der Waals surface area contributed by atoms with Crippen LogP contribution in [0.5, 0.6) is 0 Å². The molecule has 1 aliphatic rings. The Hall–Kier alpha value is -0.430. The summed E-state index contributed by atoms with van der Waals surface area (Å²) in [4.78, 5) is 3.46. The molecule has 108 valence electrons. The number of nitrogens with zero attached hydrogens (tertiary/aromatic N) is 2. The average molecular weight is 302 g/mol. The van der Waals surface area contributed by atoms with Gasteiger partial charge in [0, 0.05) is 31.1 Å². The Bertz CT molecular complexity index is 502. The number of rotatable bonds is 5. The molecule has 2 rings (SSSR count). The van der Waals surface area contributed by atoms with E-state index < -0.39 is 10.0 Å². The Morgan fingerprint density at radius 2 is 1.84 bits per heavy atom. The maximum absolute atomic E-state index is 12.5. The Labute approximate surface area is 120 Å². The molecule has 0 aromatic carbocycles. The summed E-state index contributed by atoms with van der Waals surface area (Å²) in [6.07, 6.45) is 2.02. The van der Waals surface area contributed by atoms with Crippen LogP contribution in [-0.4, -0.2) is 50.3 Å². The first-order valence-corrected chi connectivity index (χ1v) is 9.14. The highest BCUT2D eigenvalue weighted by Gasteiger charge is 2.29. The third kappa shape index (κ3) is 3.37. The molecule has 2 heterocycles. The van der Waals surface area contributed by atoms with Crippen LogP contribution in [0.3, 0.4) is 0 Å². The van der Waals surface area contributed by atoms with Crippen molar-refractivity contribution >= 4 is 21.4 Å². The molecule has 0 atom stereocenters. The van der Waals surface area contributed by atoms with E-state index in [1.165, 1.54) is 11.3 Å². The van der Waals surface area contributed by atoms with Gasteiger partial charge in [0.05, 0.1) is 0 Å². The van der Waals surface area contributed by atoms with Crippen LogP contribution in [-0.2, 0) is 16.4 Å². The van der Waals surface area contributed by atoms with E-state index in [9.17, 15) is 8.42 Å². The molecule has 1 aromatic heterocycles. The largest absolute Gasteiger partial charge is 0.301 e. The number of hydrogen-bond donors (Lipinski definition) is 0. The smallest absolute Gasteiger partial charge is 0.252 e. The lowest BCUT2D eigenvalue weighted by atomic mass is 10.3. The zero-order valence-electron chi connectivity index (χ0n) is 11.6. The van der Waals surface area contributed by atoms with Crippen molar-refractivity contribution in [2.24, 2.45) is 0 Å².